The van der Waals surface area contributed by atoms with Crippen molar-refractivity contribution in [1.29, 1.82) is 0 Å². The van der Waals surface area contributed by atoms with E-state index in [2.05, 4.69) is 0 Å². The highest BCUT2D eigenvalue weighted by molar-refractivity contribution is 5.90. The van der Waals surface area contributed by atoms with E-state index in [9.17, 15) is 9.59 Å². The van der Waals surface area contributed by atoms with Gasteiger partial charge >= 0.3 is 5.97 Å². The topological polar surface area (TPSA) is 83.6 Å². The number of carboxylic acid groups (broad SMARTS) is 1. The lowest BCUT2D eigenvalue weighted by molar-refractivity contribution is -0.150. The van der Waals surface area contributed by atoms with Gasteiger partial charge < -0.3 is 15.7 Å². The molecule has 1 aliphatic heterocycles. The van der Waals surface area contributed by atoms with E-state index in [4.69, 9.17) is 10.8 Å². The Balaban J connectivity index is 2.84. The Morgan fingerprint density at radius 3 is 2.44 bits per heavy atom. The van der Waals surface area contributed by atoms with Crippen molar-refractivity contribution in [2.75, 3.05) is 6.54 Å². The van der Waals surface area contributed by atoms with Crippen molar-refractivity contribution in [2.24, 2.45) is 5.73 Å². The fraction of sp³-hybridized carbons (Fsp3) is 0.818. The first-order valence-electron chi connectivity index (χ1n) is 5.79. The number of nitrogens with zero attached hydrogens (tertiary/aromatic N) is 1. The predicted octanol–water partition coefficient (Wildman–Crippen LogP) is 0.579. The van der Waals surface area contributed by atoms with Gasteiger partial charge in [-0.2, -0.15) is 0 Å². The van der Waals surface area contributed by atoms with Crippen molar-refractivity contribution in [3.8, 4) is 0 Å². The molecule has 0 aromatic carbocycles. The van der Waals surface area contributed by atoms with Crippen LogP contribution in [-0.4, -0.2) is 40.0 Å². The minimum atomic E-state index is -0.930. The van der Waals surface area contributed by atoms with Crippen LogP contribution < -0.4 is 5.73 Å². The van der Waals surface area contributed by atoms with Gasteiger partial charge in [-0.15, -0.1) is 0 Å². The summed E-state index contributed by atoms with van der Waals surface area (Å²) in [7, 11) is 0. The number of amides is 1. The van der Waals surface area contributed by atoms with Crippen molar-refractivity contribution in [3.63, 3.8) is 0 Å². The van der Waals surface area contributed by atoms with Gasteiger partial charge in [0.25, 0.3) is 0 Å². The van der Waals surface area contributed by atoms with Crippen LogP contribution in [0.2, 0.25) is 0 Å². The Hall–Kier alpha value is -1.10. The number of carboxylic acids is 1. The minimum Gasteiger partial charge on any atom is -0.480 e. The number of carbonyl (C=O) groups excluding carboxylic acids is 1. The zero-order valence-electron chi connectivity index (χ0n) is 9.90. The molecule has 1 amide bonds. The Bertz CT molecular complexity index is 287. The van der Waals surface area contributed by atoms with E-state index in [-0.39, 0.29) is 5.91 Å². The highest BCUT2D eigenvalue weighted by atomic mass is 16.4. The first-order chi connectivity index (χ1) is 7.46. The molecule has 0 aromatic rings. The van der Waals surface area contributed by atoms with Crippen LogP contribution in [0, 0.1) is 0 Å². The van der Waals surface area contributed by atoms with E-state index in [1.165, 1.54) is 4.90 Å². The Morgan fingerprint density at radius 1 is 1.44 bits per heavy atom. The molecule has 0 unspecified atom stereocenters. The molecule has 0 spiro atoms. The second-order valence-electron chi connectivity index (χ2n) is 4.36. The quantitative estimate of drug-likeness (QED) is 0.737. The third kappa shape index (κ3) is 2.19. The number of aliphatic carboxylic acids is 1. The lowest BCUT2D eigenvalue weighted by Gasteiger charge is -2.32. The first kappa shape index (κ1) is 13.0. The molecule has 5 nitrogen and oxygen atoms in total. The molecule has 0 saturated carbocycles. The number of hydrogen-bond acceptors (Lipinski definition) is 3. The molecule has 0 bridgehead atoms. The fourth-order valence-electron chi connectivity index (χ4n) is 2.10. The summed E-state index contributed by atoms with van der Waals surface area (Å²) in [4.78, 5) is 24.6. The van der Waals surface area contributed by atoms with Gasteiger partial charge in [0, 0.05) is 6.54 Å². The second-order valence-corrected chi connectivity index (χ2v) is 4.36. The standard InChI is InChI=1S/C11H20N2O3/c1-3-11(12,4-2)10(16)13-7-5-6-8(13)9(14)15/h8H,3-7,12H2,1-2H3,(H,14,15)/t8-/m1/s1. The Morgan fingerprint density at radius 2 is 2.00 bits per heavy atom. The molecule has 1 heterocycles. The predicted molar refractivity (Wildman–Crippen MR) is 59.9 cm³/mol. The smallest absolute Gasteiger partial charge is 0.326 e. The maximum atomic E-state index is 12.2. The molecule has 0 aromatic heterocycles. The van der Waals surface area contributed by atoms with Crippen LogP contribution in [0.15, 0.2) is 0 Å². The average Bonchev–Trinajstić information content (AvgIpc) is 2.75. The van der Waals surface area contributed by atoms with Gasteiger partial charge in [0.15, 0.2) is 0 Å². The maximum Gasteiger partial charge on any atom is 0.326 e. The van der Waals surface area contributed by atoms with E-state index in [1.807, 2.05) is 13.8 Å². The van der Waals surface area contributed by atoms with Crippen LogP contribution in [0.25, 0.3) is 0 Å². The van der Waals surface area contributed by atoms with Crippen LogP contribution in [0.4, 0.5) is 0 Å². The SMILES string of the molecule is CCC(N)(CC)C(=O)N1CCC[C@@H]1C(=O)O. The first-order valence-corrected chi connectivity index (χ1v) is 5.79. The maximum absolute atomic E-state index is 12.2. The van der Waals surface area contributed by atoms with E-state index in [1.54, 1.807) is 0 Å². The highest BCUT2D eigenvalue weighted by Crippen LogP contribution is 2.23. The molecular formula is C11H20N2O3. The van der Waals surface area contributed by atoms with Gasteiger partial charge in [0.2, 0.25) is 5.91 Å². The van der Waals surface area contributed by atoms with Crippen molar-refractivity contribution in [1.82, 2.24) is 4.90 Å². The Kier molecular flexibility index (Phi) is 3.91. The number of nitrogens with two attached hydrogens (primary N) is 1. The molecule has 92 valence electrons. The molecule has 0 aliphatic carbocycles. The summed E-state index contributed by atoms with van der Waals surface area (Å²) in [5, 5.41) is 9.01. The van der Waals surface area contributed by atoms with E-state index in [0.29, 0.717) is 25.8 Å². The molecule has 1 atom stereocenters. The van der Waals surface area contributed by atoms with Crippen molar-refractivity contribution in [2.45, 2.75) is 51.1 Å². The van der Waals surface area contributed by atoms with Crippen LogP contribution in [0.5, 0.6) is 0 Å². The Labute approximate surface area is 95.6 Å². The van der Waals surface area contributed by atoms with Gasteiger partial charge in [-0.3, -0.25) is 4.79 Å². The van der Waals surface area contributed by atoms with Crippen LogP contribution >= 0.6 is 0 Å². The summed E-state index contributed by atoms with van der Waals surface area (Å²) in [5.41, 5.74) is 5.09. The number of rotatable bonds is 4. The van der Waals surface area contributed by atoms with E-state index < -0.39 is 17.6 Å². The number of carbonyl (C=O) groups is 2. The molecule has 5 heteroatoms. The molecule has 1 fully saturated rings. The number of hydrogen-bond donors (Lipinski definition) is 2. The van der Waals surface area contributed by atoms with Crippen molar-refractivity contribution < 1.29 is 14.7 Å². The molecule has 0 radical (unpaired) electrons. The zero-order chi connectivity index (χ0) is 12.3. The molecule has 1 rings (SSSR count). The third-order valence-electron chi connectivity index (χ3n) is 3.49. The summed E-state index contributed by atoms with van der Waals surface area (Å²) < 4.78 is 0. The minimum absolute atomic E-state index is 0.220. The van der Waals surface area contributed by atoms with Crippen molar-refractivity contribution in [3.05, 3.63) is 0 Å². The number of likely N-dealkylation sites (tertiary alicyclic amines) is 1. The lowest BCUT2D eigenvalue weighted by Crippen LogP contribution is -2.56. The van der Waals surface area contributed by atoms with Crippen LogP contribution in [-0.2, 0) is 9.59 Å². The summed E-state index contributed by atoms with van der Waals surface area (Å²) >= 11 is 0. The molecule has 1 saturated heterocycles. The highest BCUT2D eigenvalue weighted by Gasteiger charge is 2.41. The third-order valence-corrected chi connectivity index (χ3v) is 3.49. The average molecular weight is 228 g/mol. The normalized spacial score (nSPS) is 21.2. The van der Waals surface area contributed by atoms with Gasteiger partial charge in [-0.25, -0.2) is 4.79 Å². The van der Waals surface area contributed by atoms with Crippen molar-refractivity contribution >= 4 is 11.9 Å². The van der Waals surface area contributed by atoms with Gasteiger partial charge in [0.1, 0.15) is 6.04 Å². The summed E-state index contributed by atoms with van der Waals surface area (Å²) in [6, 6.07) is -0.687. The summed E-state index contributed by atoms with van der Waals surface area (Å²) in [6.07, 6.45) is 2.34. The summed E-state index contributed by atoms with van der Waals surface area (Å²) in [6.45, 7) is 4.22. The monoisotopic (exact) mass is 228 g/mol. The van der Waals surface area contributed by atoms with E-state index >= 15 is 0 Å². The molecule has 16 heavy (non-hydrogen) atoms. The van der Waals surface area contributed by atoms with Crippen LogP contribution in [0.3, 0.4) is 0 Å². The summed E-state index contributed by atoms with van der Waals surface area (Å²) in [5.74, 6) is -1.15. The van der Waals surface area contributed by atoms with Gasteiger partial charge in [-0.05, 0) is 25.7 Å². The lowest BCUT2D eigenvalue weighted by atomic mass is 9.92. The second kappa shape index (κ2) is 4.82. The fourth-order valence-corrected chi connectivity index (χ4v) is 2.10. The largest absolute Gasteiger partial charge is 0.480 e. The zero-order valence-corrected chi connectivity index (χ0v) is 9.90. The van der Waals surface area contributed by atoms with Gasteiger partial charge in [-0.1, -0.05) is 13.8 Å². The van der Waals surface area contributed by atoms with Gasteiger partial charge in [0.05, 0.1) is 5.54 Å². The molecule has 3 N–H and O–H groups in total. The van der Waals surface area contributed by atoms with Crippen LogP contribution in [0.1, 0.15) is 39.5 Å². The molecule has 1 aliphatic rings. The molecular weight excluding hydrogens is 208 g/mol. The van der Waals surface area contributed by atoms with E-state index in [0.717, 1.165) is 6.42 Å².